The SMILES string of the molecule is CC(C)(C)c1cccc(CN[C@H]2CS(=O)(=O)C[C@@H](Cc3cc(F)c(N)c(O[C@H](CN)C(F)(F)F)c3)[C@@H]2O)c1. The first-order valence-electron chi connectivity index (χ1n) is 12.2. The van der Waals surface area contributed by atoms with Crippen LogP contribution >= 0.6 is 0 Å². The molecule has 1 aliphatic rings. The van der Waals surface area contributed by atoms with Crippen LogP contribution < -0.4 is 21.5 Å². The van der Waals surface area contributed by atoms with Gasteiger partial charge in [0.15, 0.2) is 9.84 Å². The Balaban J connectivity index is 1.79. The summed E-state index contributed by atoms with van der Waals surface area (Å²) in [5.41, 5.74) is 12.2. The molecule has 1 fully saturated rings. The number of aliphatic hydroxyl groups excluding tert-OH is 1. The fourth-order valence-electron chi connectivity index (χ4n) is 4.52. The summed E-state index contributed by atoms with van der Waals surface area (Å²) >= 11 is 0. The molecule has 6 N–H and O–H groups in total. The Morgan fingerprint density at radius 3 is 2.42 bits per heavy atom. The molecule has 7 nitrogen and oxygen atoms in total. The van der Waals surface area contributed by atoms with E-state index >= 15 is 0 Å². The van der Waals surface area contributed by atoms with Crippen LogP contribution in [-0.2, 0) is 28.2 Å². The molecule has 0 saturated carbocycles. The number of nitrogens with two attached hydrogens (primary N) is 2. The second-order valence-electron chi connectivity index (χ2n) is 10.8. The quantitative estimate of drug-likeness (QED) is 0.288. The lowest BCUT2D eigenvalue weighted by atomic mass is 9.86. The monoisotopic (exact) mass is 561 g/mol. The molecule has 3 rings (SSSR count). The number of benzene rings is 2. The lowest BCUT2D eigenvalue weighted by Crippen LogP contribution is -2.54. The minimum atomic E-state index is -4.80. The third-order valence-electron chi connectivity index (χ3n) is 6.66. The smallest absolute Gasteiger partial charge is 0.426 e. The van der Waals surface area contributed by atoms with Crippen LogP contribution in [0, 0.1) is 11.7 Å². The zero-order valence-electron chi connectivity index (χ0n) is 21.6. The maximum atomic E-state index is 14.5. The Hall–Kier alpha value is -2.41. The molecule has 1 heterocycles. The summed E-state index contributed by atoms with van der Waals surface area (Å²) in [6.45, 7) is 5.66. The summed E-state index contributed by atoms with van der Waals surface area (Å²) in [7, 11) is -3.58. The first kappa shape index (κ1) is 30.1. The van der Waals surface area contributed by atoms with Crippen LogP contribution in [0.5, 0.6) is 5.75 Å². The first-order chi connectivity index (χ1) is 17.5. The van der Waals surface area contributed by atoms with Crippen molar-refractivity contribution < 1.29 is 35.8 Å². The van der Waals surface area contributed by atoms with Crippen LogP contribution in [-0.4, -0.2) is 56.0 Å². The van der Waals surface area contributed by atoms with Gasteiger partial charge in [0.1, 0.15) is 17.3 Å². The molecule has 12 heteroatoms. The second-order valence-corrected chi connectivity index (χ2v) is 13.0. The number of halogens is 4. The minimum absolute atomic E-state index is 0.0734. The molecule has 0 unspecified atom stereocenters. The summed E-state index contributed by atoms with van der Waals surface area (Å²) in [5.74, 6) is -3.04. The van der Waals surface area contributed by atoms with Crippen molar-refractivity contribution in [1.29, 1.82) is 0 Å². The number of aliphatic hydroxyl groups is 1. The molecule has 1 aliphatic heterocycles. The summed E-state index contributed by atoms with van der Waals surface area (Å²) in [6, 6.07) is 9.17. The van der Waals surface area contributed by atoms with Gasteiger partial charge >= 0.3 is 6.18 Å². The van der Waals surface area contributed by atoms with E-state index in [2.05, 4.69) is 26.1 Å². The summed E-state index contributed by atoms with van der Waals surface area (Å²) < 4.78 is 84.1. The van der Waals surface area contributed by atoms with Gasteiger partial charge < -0.3 is 26.6 Å². The van der Waals surface area contributed by atoms with Gasteiger partial charge in [-0.1, -0.05) is 45.0 Å². The molecule has 2 aromatic rings. The van der Waals surface area contributed by atoms with E-state index in [0.717, 1.165) is 23.3 Å². The fraction of sp³-hybridized carbons (Fsp3) is 0.538. The first-order valence-corrected chi connectivity index (χ1v) is 14.0. The van der Waals surface area contributed by atoms with E-state index in [0.29, 0.717) is 6.54 Å². The third-order valence-corrected chi connectivity index (χ3v) is 8.46. The van der Waals surface area contributed by atoms with Crippen molar-refractivity contribution >= 4 is 15.5 Å². The lowest BCUT2D eigenvalue weighted by Gasteiger charge is -2.35. The van der Waals surface area contributed by atoms with Crippen molar-refractivity contribution in [3.05, 3.63) is 58.9 Å². The highest BCUT2D eigenvalue weighted by atomic mass is 32.2. The Morgan fingerprint density at radius 2 is 1.82 bits per heavy atom. The van der Waals surface area contributed by atoms with E-state index in [1.165, 1.54) is 0 Å². The number of sulfone groups is 1. The largest absolute Gasteiger partial charge is 0.477 e. The van der Waals surface area contributed by atoms with E-state index in [9.17, 15) is 31.1 Å². The van der Waals surface area contributed by atoms with Gasteiger partial charge in [-0.25, -0.2) is 12.8 Å². The van der Waals surface area contributed by atoms with Gasteiger partial charge in [-0.05, 0) is 40.7 Å². The number of nitrogens with one attached hydrogen (secondary N) is 1. The van der Waals surface area contributed by atoms with E-state index in [4.69, 9.17) is 16.2 Å². The van der Waals surface area contributed by atoms with Crippen LogP contribution in [0.15, 0.2) is 36.4 Å². The number of rotatable bonds is 8. The lowest BCUT2D eigenvalue weighted by molar-refractivity contribution is -0.191. The molecular weight excluding hydrogens is 526 g/mol. The molecule has 4 atom stereocenters. The summed E-state index contributed by atoms with van der Waals surface area (Å²) in [5, 5.41) is 14.2. The zero-order chi connectivity index (χ0) is 28.5. The van der Waals surface area contributed by atoms with E-state index < -0.39 is 64.0 Å². The number of alkyl halides is 3. The molecule has 38 heavy (non-hydrogen) atoms. The van der Waals surface area contributed by atoms with Crippen molar-refractivity contribution in [2.24, 2.45) is 11.7 Å². The Labute approximate surface area is 220 Å². The molecule has 2 aromatic carbocycles. The molecule has 212 valence electrons. The summed E-state index contributed by atoms with van der Waals surface area (Å²) in [6.07, 6.45) is -8.43. The van der Waals surface area contributed by atoms with Crippen molar-refractivity contribution in [3.63, 3.8) is 0 Å². The van der Waals surface area contributed by atoms with E-state index in [1.807, 2.05) is 24.3 Å². The molecule has 0 amide bonds. The van der Waals surface area contributed by atoms with Crippen molar-refractivity contribution in [3.8, 4) is 5.75 Å². The van der Waals surface area contributed by atoms with E-state index in [1.54, 1.807) is 0 Å². The Kier molecular flexibility index (Phi) is 9.02. The fourth-order valence-corrected chi connectivity index (χ4v) is 6.48. The molecule has 0 aliphatic carbocycles. The predicted octanol–water partition coefficient (Wildman–Crippen LogP) is 3.08. The van der Waals surface area contributed by atoms with Crippen molar-refractivity contribution in [2.75, 3.05) is 23.8 Å². The highest BCUT2D eigenvalue weighted by Gasteiger charge is 2.42. The predicted molar refractivity (Wildman–Crippen MR) is 138 cm³/mol. The average molecular weight is 562 g/mol. The van der Waals surface area contributed by atoms with Crippen LogP contribution in [0.2, 0.25) is 0 Å². The number of nitrogen functional groups attached to an aromatic ring is 1. The van der Waals surface area contributed by atoms with Crippen molar-refractivity contribution in [2.45, 2.75) is 63.6 Å². The zero-order valence-corrected chi connectivity index (χ0v) is 22.4. The number of hydrogen-bond acceptors (Lipinski definition) is 7. The van der Waals surface area contributed by atoms with Gasteiger partial charge in [0.05, 0.1) is 17.6 Å². The molecule has 0 bridgehead atoms. The maximum absolute atomic E-state index is 14.5. The topological polar surface area (TPSA) is 128 Å². The Morgan fingerprint density at radius 1 is 1.13 bits per heavy atom. The number of ether oxygens (including phenoxy) is 1. The summed E-state index contributed by atoms with van der Waals surface area (Å²) in [4.78, 5) is 0. The molecular formula is C26H35F4N3O4S. The highest BCUT2D eigenvalue weighted by molar-refractivity contribution is 7.91. The second kappa shape index (κ2) is 11.4. The minimum Gasteiger partial charge on any atom is -0.477 e. The van der Waals surface area contributed by atoms with Crippen molar-refractivity contribution in [1.82, 2.24) is 5.32 Å². The van der Waals surface area contributed by atoms with E-state index in [-0.39, 0.29) is 28.9 Å². The van der Waals surface area contributed by atoms with Crippen LogP contribution in [0.4, 0.5) is 23.2 Å². The third kappa shape index (κ3) is 7.58. The molecule has 0 spiro atoms. The van der Waals surface area contributed by atoms with Crippen LogP contribution in [0.1, 0.15) is 37.5 Å². The average Bonchev–Trinajstić information content (AvgIpc) is 2.80. The standard InChI is InChI=1S/C26H35F4N3O4S/c1-25(2,3)18-6-4-5-15(8-18)12-33-20-14-38(35,36)13-17(24(20)34)7-16-9-19(27)23(32)21(10-16)37-22(11-31)26(28,29)30/h4-6,8-10,17,20,22,24,33-34H,7,11-14,31-32H2,1-3H3/t17-,20+,22-,24+/m1/s1. The van der Waals surface area contributed by atoms with Gasteiger partial charge in [0, 0.05) is 25.0 Å². The molecule has 0 radical (unpaired) electrons. The number of hydrogen-bond donors (Lipinski definition) is 4. The molecule has 0 aromatic heterocycles. The number of anilines is 1. The van der Waals surface area contributed by atoms with Crippen LogP contribution in [0.3, 0.4) is 0 Å². The van der Waals surface area contributed by atoms with Gasteiger partial charge in [-0.15, -0.1) is 0 Å². The Bertz CT molecular complexity index is 1230. The molecule has 1 saturated heterocycles. The van der Waals surface area contributed by atoms with Crippen LogP contribution in [0.25, 0.3) is 0 Å². The highest BCUT2D eigenvalue weighted by Crippen LogP contribution is 2.33. The van der Waals surface area contributed by atoms with Gasteiger partial charge in [0.25, 0.3) is 0 Å². The normalized spacial score (nSPS) is 22.7. The van der Waals surface area contributed by atoms with Gasteiger partial charge in [-0.3, -0.25) is 0 Å². The maximum Gasteiger partial charge on any atom is 0.426 e. The van der Waals surface area contributed by atoms with Gasteiger partial charge in [0.2, 0.25) is 6.10 Å². The van der Waals surface area contributed by atoms with Gasteiger partial charge in [-0.2, -0.15) is 13.2 Å².